The first-order valence-corrected chi connectivity index (χ1v) is 9.46. The molecular weight excluding hydrogens is 438 g/mol. The van der Waals surface area contributed by atoms with E-state index in [1.807, 2.05) is 0 Å². The highest BCUT2D eigenvalue weighted by atomic mass is 35.5. The lowest BCUT2D eigenvalue weighted by atomic mass is 10.1. The van der Waals surface area contributed by atoms with Crippen LogP contribution in [0.15, 0.2) is 59.5 Å². The second-order valence-corrected chi connectivity index (χ2v) is 7.05. The Morgan fingerprint density at radius 1 is 1.19 bits per heavy atom. The number of imidazole rings is 1. The van der Waals surface area contributed by atoms with E-state index in [4.69, 9.17) is 16.0 Å². The number of hydrogen-bond acceptors (Lipinski definition) is 3. The van der Waals surface area contributed by atoms with Crippen molar-refractivity contribution in [1.82, 2.24) is 14.7 Å². The second-order valence-electron chi connectivity index (χ2n) is 6.69. The quantitative estimate of drug-likeness (QED) is 0.414. The molecule has 5 nitrogen and oxygen atoms in total. The summed E-state index contributed by atoms with van der Waals surface area (Å²) >= 11 is 6.22. The number of nitrogens with one attached hydrogen (secondary N) is 1. The molecule has 1 amide bonds. The van der Waals surface area contributed by atoms with Gasteiger partial charge in [0.25, 0.3) is 5.91 Å². The van der Waals surface area contributed by atoms with Crippen molar-refractivity contribution in [3.05, 3.63) is 82.9 Å². The van der Waals surface area contributed by atoms with Crippen LogP contribution in [0.2, 0.25) is 5.15 Å². The Bertz CT molecular complexity index is 1250. The van der Waals surface area contributed by atoms with Gasteiger partial charge in [-0.25, -0.2) is 9.37 Å². The van der Waals surface area contributed by atoms with Gasteiger partial charge in [0.15, 0.2) is 11.3 Å². The minimum atomic E-state index is -4.73. The normalized spacial score (nSPS) is 11.8. The van der Waals surface area contributed by atoms with E-state index in [-0.39, 0.29) is 29.4 Å². The molecule has 0 aliphatic rings. The summed E-state index contributed by atoms with van der Waals surface area (Å²) in [6.45, 7) is 0.0519. The molecule has 0 fully saturated rings. The number of amides is 1. The topological polar surface area (TPSA) is 59.5 Å². The Labute approximate surface area is 178 Å². The lowest BCUT2D eigenvalue weighted by Crippen LogP contribution is -2.26. The third kappa shape index (κ3) is 4.13. The number of rotatable bonds is 5. The average molecular weight is 452 g/mol. The molecule has 0 spiro atoms. The van der Waals surface area contributed by atoms with Gasteiger partial charge in [-0.15, -0.1) is 0 Å². The van der Waals surface area contributed by atoms with Crippen molar-refractivity contribution >= 4 is 23.2 Å². The third-order valence-corrected chi connectivity index (χ3v) is 5.04. The summed E-state index contributed by atoms with van der Waals surface area (Å²) in [6.07, 6.45) is -0.559. The monoisotopic (exact) mass is 451 g/mol. The summed E-state index contributed by atoms with van der Waals surface area (Å²) in [7, 11) is 0. The molecule has 1 N–H and O–H groups in total. The second kappa shape index (κ2) is 8.07. The van der Waals surface area contributed by atoms with Gasteiger partial charge in [-0.05, 0) is 30.2 Å². The number of carbonyl (C=O) groups excluding carboxylic acids is 1. The van der Waals surface area contributed by atoms with Gasteiger partial charge in [-0.2, -0.15) is 13.2 Å². The molecule has 0 bridgehead atoms. The first-order chi connectivity index (χ1) is 14.8. The van der Waals surface area contributed by atoms with E-state index in [0.29, 0.717) is 11.1 Å². The molecule has 0 saturated heterocycles. The maximum atomic E-state index is 13.7. The number of halogens is 5. The minimum Gasteiger partial charge on any atom is -0.472 e. The molecule has 0 radical (unpaired) electrons. The van der Waals surface area contributed by atoms with Crippen LogP contribution in [0, 0.1) is 5.82 Å². The number of nitrogens with zero attached hydrogens (tertiary/aromatic N) is 2. The van der Waals surface area contributed by atoms with Crippen LogP contribution >= 0.6 is 11.6 Å². The Kier molecular flexibility index (Phi) is 5.45. The lowest BCUT2D eigenvalue weighted by molar-refractivity contribution is -0.136. The molecule has 1 aromatic carbocycles. The maximum Gasteiger partial charge on any atom is 0.420 e. The van der Waals surface area contributed by atoms with E-state index in [1.54, 1.807) is 18.2 Å². The number of pyridine rings is 1. The van der Waals surface area contributed by atoms with Crippen molar-refractivity contribution in [2.24, 2.45) is 0 Å². The van der Waals surface area contributed by atoms with Crippen LogP contribution in [0.3, 0.4) is 0 Å². The number of hydrogen-bond donors (Lipinski definition) is 1. The predicted octanol–water partition coefficient (Wildman–Crippen LogP) is 5.38. The molecule has 0 aliphatic heterocycles. The molecule has 4 rings (SSSR count). The van der Waals surface area contributed by atoms with Crippen molar-refractivity contribution in [2.45, 2.75) is 12.6 Å². The van der Waals surface area contributed by atoms with Gasteiger partial charge in [0, 0.05) is 23.9 Å². The maximum absolute atomic E-state index is 13.7. The van der Waals surface area contributed by atoms with Crippen molar-refractivity contribution in [1.29, 1.82) is 0 Å². The molecular formula is C21H14ClF4N3O2. The van der Waals surface area contributed by atoms with Crippen molar-refractivity contribution in [3.63, 3.8) is 0 Å². The van der Waals surface area contributed by atoms with Crippen LogP contribution in [0.5, 0.6) is 0 Å². The third-order valence-electron chi connectivity index (χ3n) is 4.67. The summed E-state index contributed by atoms with van der Waals surface area (Å²) < 4.78 is 60.6. The highest BCUT2D eigenvalue weighted by Crippen LogP contribution is 2.37. The average Bonchev–Trinajstić information content (AvgIpc) is 3.37. The van der Waals surface area contributed by atoms with E-state index in [9.17, 15) is 22.4 Å². The molecule has 0 unspecified atom stereocenters. The Morgan fingerprint density at radius 3 is 2.65 bits per heavy atom. The number of benzene rings is 1. The minimum absolute atomic E-state index is 0.0519. The molecule has 3 aromatic heterocycles. The summed E-state index contributed by atoms with van der Waals surface area (Å²) in [4.78, 5) is 16.4. The van der Waals surface area contributed by atoms with Crippen LogP contribution in [-0.2, 0) is 12.6 Å². The number of furan rings is 1. The summed E-state index contributed by atoms with van der Waals surface area (Å²) in [6, 6.07) is 8.50. The van der Waals surface area contributed by atoms with Crippen LogP contribution in [0.1, 0.15) is 21.6 Å². The Balaban J connectivity index is 1.66. The van der Waals surface area contributed by atoms with E-state index in [1.165, 1.54) is 30.9 Å². The van der Waals surface area contributed by atoms with E-state index in [2.05, 4.69) is 10.3 Å². The van der Waals surface area contributed by atoms with Gasteiger partial charge in [-0.3, -0.25) is 9.20 Å². The molecule has 0 atom stereocenters. The van der Waals surface area contributed by atoms with Gasteiger partial charge in [0.05, 0.1) is 18.1 Å². The summed E-state index contributed by atoms with van der Waals surface area (Å²) in [5.41, 5.74) is -0.895. The molecule has 31 heavy (non-hydrogen) atoms. The highest BCUT2D eigenvalue weighted by Gasteiger charge is 2.36. The fraction of sp³-hybridized carbons (Fsp3) is 0.143. The molecule has 160 valence electrons. The van der Waals surface area contributed by atoms with Gasteiger partial charge in [-0.1, -0.05) is 29.8 Å². The van der Waals surface area contributed by atoms with Crippen molar-refractivity contribution < 1.29 is 26.8 Å². The van der Waals surface area contributed by atoms with Gasteiger partial charge < -0.3 is 9.73 Å². The zero-order valence-corrected chi connectivity index (χ0v) is 16.5. The van der Waals surface area contributed by atoms with E-state index < -0.39 is 29.1 Å². The molecule has 0 saturated carbocycles. The van der Waals surface area contributed by atoms with Gasteiger partial charge in [0.1, 0.15) is 11.0 Å². The zero-order chi connectivity index (χ0) is 22.2. The Hall–Kier alpha value is -3.33. The van der Waals surface area contributed by atoms with Gasteiger partial charge in [0.2, 0.25) is 0 Å². The molecule has 0 aliphatic carbocycles. The van der Waals surface area contributed by atoms with E-state index in [0.717, 1.165) is 10.5 Å². The lowest BCUT2D eigenvalue weighted by Gasteiger charge is -2.10. The van der Waals surface area contributed by atoms with Gasteiger partial charge >= 0.3 is 6.18 Å². The largest absolute Gasteiger partial charge is 0.472 e. The summed E-state index contributed by atoms with van der Waals surface area (Å²) in [5, 5.41) is 2.25. The number of carbonyl (C=O) groups is 1. The smallest absolute Gasteiger partial charge is 0.420 e. The number of aromatic nitrogens is 2. The van der Waals surface area contributed by atoms with Crippen molar-refractivity contribution in [2.75, 3.05) is 6.54 Å². The molecule has 3 heterocycles. The van der Waals surface area contributed by atoms with E-state index >= 15 is 0 Å². The highest BCUT2D eigenvalue weighted by molar-refractivity contribution is 6.33. The fourth-order valence-electron chi connectivity index (χ4n) is 3.15. The number of alkyl halides is 3. The first kappa shape index (κ1) is 20.9. The molecule has 4 aromatic rings. The Morgan fingerprint density at radius 2 is 1.97 bits per heavy atom. The van der Waals surface area contributed by atoms with Crippen molar-refractivity contribution in [3.8, 4) is 11.1 Å². The van der Waals surface area contributed by atoms with Crippen LogP contribution in [-0.4, -0.2) is 21.8 Å². The van der Waals surface area contributed by atoms with Crippen LogP contribution in [0.4, 0.5) is 17.6 Å². The van der Waals surface area contributed by atoms with Crippen LogP contribution in [0.25, 0.3) is 16.8 Å². The zero-order valence-electron chi connectivity index (χ0n) is 15.7. The predicted molar refractivity (Wildman–Crippen MR) is 105 cm³/mol. The fourth-order valence-corrected chi connectivity index (χ4v) is 3.41. The molecule has 10 heteroatoms. The number of fused-ring (bicyclic) bond motifs is 1. The summed E-state index contributed by atoms with van der Waals surface area (Å²) in [5.74, 6) is -1.17. The SMILES string of the molecule is O=C(NCCc1ccccc1F)c1nc2c(C(F)(F)F)cc(-c3ccoc3)cn2c1Cl. The first-order valence-electron chi connectivity index (χ1n) is 9.08. The van der Waals surface area contributed by atoms with Crippen LogP contribution < -0.4 is 5.32 Å². The standard InChI is InChI=1S/C21H14ClF4N3O2/c22-18-17(20(30)27-7-5-12-3-1-2-4-16(12)23)28-19-15(21(24,25)26)9-14(10-29(18)19)13-6-8-31-11-13/h1-4,6,8-11H,5,7H2,(H,27,30).